The molecule has 1 rings (SSSR count). The fourth-order valence-corrected chi connectivity index (χ4v) is 1.13. The third kappa shape index (κ3) is 3.67. The van der Waals surface area contributed by atoms with Crippen molar-refractivity contribution >= 4 is 5.91 Å². The standard InChI is InChI=1S/C9H17N5O/c1-7-12-13-9(14(7)3)6-10-4-5-11-8(2)15/h10H,4-6H2,1-3H3,(H,11,15). The Hall–Kier alpha value is -1.43. The first-order valence-corrected chi connectivity index (χ1v) is 4.91. The highest BCUT2D eigenvalue weighted by atomic mass is 16.1. The van der Waals surface area contributed by atoms with Crippen LogP contribution in [0.2, 0.25) is 0 Å². The molecule has 0 aromatic carbocycles. The third-order valence-corrected chi connectivity index (χ3v) is 2.14. The maximum Gasteiger partial charge on any atom is 0.216 e. The summed E-state index contributed by atoms with van der Waals surface area (Å²) in [5, 5.41) is 13.8. The molecule has 0 saturated heterocycles. The van der Waals surface area contributed by atoms with Gasteiger partial charge in [0.2, 0.25) is 5.91 Å². The van der Waals surface area contributed by atoms with Crippen molar-refractivity contribution in [3.63, 3.8) is 0 Å². The molecule has 0 radical (unpaired) electrons. The molecule has 84 valence electrons. The van der Waals surface area contributed by atoms with Gasteiger partial charge >= 0.3 is 0 Å². The number of nitrogens with one attached hydrogen (secondary N) is 2. The maximum absolute atomic E-state index is 10.6. The minimum Gasteiger partial charge on any atom is -0.355 e. The van der Waals surface area contributed by atoms with Crippen molar-refractivity contribution in [2.24, 2.45) is 7.05 Å². The predicted molar refractivity (Wildman–Crippen MR) is 56.1 cm³/mol. The summed E-state index contributed by atoms with van der Waals surface area (Å²) in [6.07, 6.45) is 0. The molecule has 0 aliphatic heterocycles. The largest absolute Gasteiger partial charge is 0.355 e. The topological polar surface area (TPSA) is 71.8 Å². The van der Waals surface area contributed by atoms with Crippen LogP contribution >= 0.6 is 0 Å². The summed E-state index contributed by atoms with van der Waals surface area (Å²) < 4.78 is 1.94. The van der Waals surface area contributed by atoms with Crippen LogP contribution in [0, 0.1) is 6.92 Å². The summed E-state index contributed by atoms with van der Waals surface area (Å²) >= 11 is 0. The summed E-state index contributed by atoms with van der Waals surface area (Å²) in [4.78, 5) is 10.6. The first-order chi connectivity index (χ1) is 7.11. The van der Waals surface area contributed by atoms with E-state index >= 15 is 0 Å². The lowest BCUT2D eigenvalue weighted by Crippen LogP contribution is -2.30. The average Bonchev–Trinajstić information content (AvgIpc) is 2.48. The zero-order chi connectivity index (χ0) is 11.3. The van der Waals surface area contributed by atoms with Crippen LogP contribution in [0.4, 0.5) is 0 Å². The first-order valence-electron chi connectivity index (χ1n) is 4.91. The molecule has 2 N–H and O–H groups in total. The van der Waals surface area contributed by atoms with E-state index in [4.69, 9.17) is 0 Å². The number of amides is 1. The number of carbonyl (C=O) groups is 1. The lowest BCUT2D eigenvalue weighted by atomic mass is 10.5. The van der Waals surface area contributed by atoms with Gasteiger partial charge in [-0.25, -0.2) is 0 Å². The van der Waals surface area contributed by atoms with E-state index in [9.17, 15) is 4.79 Å². The second kappa shape index (κ2) is 5.45. The van der Waals surface area contributed by atoms with Gasteiger partial charge in [-0.2, -0.15) is 0 Å². The predicted octanol–water partition coefficient (Wildman–Crippen LogP) is -0.651. The molecule has 0 aliphatic rings. The summed E-state index contributed by atoms with van der Waals surface area (Å²) in [7, 11) is 1.93. The molecule has 15 heavy (non-hydrogen) atoms. The number of hydrogen-bond donors (Lipinski definition) is 2. The summed E-state index contributed by atoms with van der Waals surface area (Å²) in [5.41, 5.74) is 0. The van der Waals surface area contributed by atoms with Crippen molar-refractivity contribution in [3.05, 3.63) is 11.6 Å². The smallest absolute Gasteiger partial charge is 0.216 e. The molecular formula is C9H17N5O. The highest BCUT2D eigenvalue weighted by Gasteiger charge is 2.02. The Bertz CT molecular complexity index is 333. The van der Waals surface area contributed by atoms with Crippen LogP contribution in [-0.2, 0) is 18.4 Å². The lowest BCUT2D eigenvalue weighted by molar-refractivity contribution is -0.118. The van der Waals surface area contributed by atoms with Crippen molar-refractivity contribution in [2.45, 2.75) is 20.4 Å². The fraction of sp³-hybridized carbons (Fsp3) is 0.667. The van der Waals surface area contributed by atoms with Crippen molar-refractivity contribution in [3.8, 4) is 0 Å². The van der Waals surface area contributed by atoms with E-state index in [0.29, 0.717) is 13.1 Å². The Morgan fingerprint density at radius 3 is 2.67 bits per heavy atom. The van der Waals surface area contributed by atoms with Gasteiger partial charge in [0.1, 0.15) is 11.6 Å². The Balaban J connectivity index is 2.20. The van der Waals surface area contributed by atoms with Crippen LogP contribution in [0.25, 0.3) is 0 Å². The molecular weight excluding hydrogens is 194 g/mol. The van der Waals surface area contributed by atoms with Crippen LogP contribution in [0.3, 0.4) is 0 Å². The van der Waals surface area contributed by atoms with Crippen LogP contribution in [0.5, 0.6) is 0 Å². The average molecular weight is 211 g/mol. The molecule has 0 atom stereocenters. The normalized spacial score (nSPS) is 10.3. The van der Waals surface area contributed by atoms with Crippen LogP contribution in [0.15, 0.2) is 0 Å². The van der Waals surface area contributed by atoms with Crippen LogP contribution in [-0.4, -0.2) is 33.8 Å². The van der Waals surface area contributed by atoms with Gasteiger partial charge in [0.15, 0.2) is 0 Å². The Labute approximate surface area is 89.1 Å². The van der Waals surface area contributed by atoms with E-state index in [0.717, 1.165) is 18.2 Å². The minimum absolute atomic E-state index is 0.00805. The highest BCUT2D eigenvalue weighted by Crippen LogP contribution is 1.95. The zero-order valence-corrected chi connectivity index (χ0v) is 9.37. The second-order valence-corrected chi connectivity index (χ2v) is 3.38. The number of aromatic nitrogens is 3. The van der Waals surface area contributed by atoms with Gasteiger partial charge < -0.3 is 15.2 Å². The number of carbonyl (C=O) groups excluding carboxylic acids is 1. The summed E-state index contributed by atoms with van der Waals surface area (Å²) in [5.74, 6) is 1.79. The van der Waals surface area contributed by atoms with Gasteiger partial charge in [0.05, 0.1) is 6.54 Å². The second-order valence-electron chi connectivity index (χ2n) is 3.38. The Morgan fingerprint density at radius 1 is 1.40 bits per heavy atom. The van der Waals surface area contributed by atoms with Gasteiger partial charge in [-0.15, -0.1) is 10.2 Å². The van der Waals surface area contributed by atoms with E-state index < -0.39 is 0 Å². The Morgan fingerprint density at radius 2 is 2.13 bits per heavy atom. The monoisotopic (exact) mass is 211 g/mol. The molecule has 6 heteroatoms. The molecule has 1 aromatic heterocycles. The summed E-state index contributed by atoms with van der Waals surface area (Å²) in [6.45, 7) is 5.44. The van der Waals surface area contributed by atoms with Gasteiger partial charge in [0, 0.05) is 27.1 Å². The van der Waals surface area contributed by atoms with Gasteiger partial charge in [-0.1, -0.05) is 0 Å². The van der Waals surface area contributed by atoms with Gasteiger partial charge in [-0.05, 0) is 6.92 Å². The van der Waals surface area contributed by atoms with E-state index in [2.05, 4.69) is 20.8 Å². The molecule has 0 bridgehead atoms. The number of hydrogen-bond acceptors (Lipinski definition) is 4. The van der Waals surface area contributed by atoms with E-state index in [1.165, 1.54) is 6.92 Å². The molecule has 0 spiro atoms. The van der Waals surface area contributed by atoms with E-state index in [1.54, 1.807) is 0 Å². The highest BCUT2D eigenvalue weighted by molar-refractivity contribution is 5.72. The van der Waals surface area contributed by atoms with Crippen molar-refractivity contribution in [1.82, 2.24) is 25.4 Å². The first kappa shape index (κ1) is 11.6. The third-order valence-electron chi connectivity index (χ3n) is 2.14. The molecule has 1 amide bonds. The van der Waals surface area contributed by atoms with Gasteiger partial charge in [-0.3, -0.25) is 4.79 Å². The van der Waals surface area contributed by atoms with Crippen LogP contribution in [0.1, 0.15) is 18.6 Å². The van der Waals surface area contributed by atoms with E-state index in [-0.39, 0.29) is 5.91 Å². The van der Waals surface area contributed by atoms with Crippen molar-refractivity contribution < 1.29 is 4.79 Å². The molecule has 1 heterocycles. The van der Waals surface area contributed by atoms with Gasteiger partial charge in [0.25, 0.3) is 0 Å². The quantitative estimate of drug-likeness (QED) is 0.635. The molecule has 6 nitrogen and oxygen atoms in total. The number of aryl methyl sites for hydroxylation is 1. The molecule has 0 saturated carbocycles. The number of nitrogens with zero attached hydrogens (tertiary/aromatic N) is 3. The lowest BCUT2D eigenvalue weighted by Gasteiger charge is -2.04. The molecule has 0 fully saturated rings. The molecule has 0 aliphatic carbocycles. The van der Waals surface area contributed by atoms with Crippen molar-refractivity contribution in [1.29, 1.82) is 0 Å². The maximum atomic E-state index is 10.6. The molecule has 1 aromatic rings. The summed E-state index contributed by atoms with van der Waals surface area (Å²) in [6, 6.07) is 0. The van der Waals surface area contributed by atoms with E-state index in [1.807, 2.05) is 18.5 Å². The molecule has 0 unspecified atom stereocenters. The van der Waals surface area contributed by atoms with Crippen LogP contribution < -0.4 is 10.6 Å². The zero-order valence-electron chi connectivity index (χ0n) is 9.37. The number of rotatable bonds is 5. The Kier molecular flexibility index (Phi) is 4.23. The fourth-order valence-electron chi connectivity index (χ4n) is 1.13. The van der Waals surface area contributed by atoms with Crippen molar-refractivity contribution in [2.75, 3.05) is 13.1 Å². The SMILES string of the molecule is CC(=O)NCCNCc1nnc(C)n1C. The minimum atomic E-state index is -0.00805.